The van der Waals surface area contributed by atoms with Crippen molar-refractivity contribution in [2.24, 2.45) is 5.84 Å². The topological polar surface area (TPSA) is 90.9 Å². The van der Waals surface area contributed by atoms with E-state index in [0.29, 0.717) is 18.8 Å². The van der Waals surface area contributed by atoms with E-state index in [4.69, 9.17) is 11.1 Å². The van der Waals surface area contributed by atoms with Crippen molar-refractivity contribution >= 4 is 11.6 Å². The molecule has 0 radical (unpaired) electrons. The third-order valence-corrected chi connectivity index (χ3v) is 2.00. The SMILES string of the molecule is CCN(CCC#N)c1cc(NN)ncn1. The highest BCUT2D eigenvalue weighted by Crippen LogP contribution is 2.13. The smallest absolute Gasteiger partial charge is 0.145 e. The second-order valence-corrected chi connectivity index (χ2v) is 2.89. The Morgan fingerprint density at radius 2 is 2.40 bits per heavy atom. The highest BCUT2D eigenvalue weighted by atomic mass is 15.3. The van der Waals surface area contributed by atoms with Crippen molar-refractivity contribution in [3.05, 3.63) is 12.4 Å². The van der Waals surface area contributed by atoms with Crippen LogP contribution in [0.2, 0.25) is 0 Å². The van der Waals surface area contributed by atoms with Gasteiger partial charge in [0.05, 0.1) is 12.5 Å². The molecule has 0 atom stereocenters. The molecule has 0 aliphatic heterocycles. The fraction of sp³-hybridized carbons (Fsp3) is 0.444. The van der Waals surface area contributed by atoms with E-state index in [1.807, 2.05) is 11.8 Å². The summed E-state index contributed by atoms with van der Waals surface area (Å²) in [4.78, 5) is 10.0. The lowest BCUT2D eigenvalue weighted by molar-refractivity contribution is 0.807. The van der Waals surface area contributed by atoms with Gasteiger partial charge >= 0.3 is 0 Å². The molecule has 0 spiro atoms. The maximum absolute atomic E-state index is 8.52. The van der Waals surface area contributed by atoms with Gasteiger partial charge in [-0.1, -0.05) is 0 Å². The van der Waals surface area contributed by atoms with E-state index < -0.39 is 0 Å². The molecule has 1 aromatic rings. The molecular formula is C9H14N6. The third kappa shape index (κ3) is 3.07. The normalized spacial score (nSPS) is 9.40. The van der Waals surface area contributed by atoms with Gasteiger partial charge in [-0.05, 0) is 6.92 Å². The molecule has 0 aliphatic rings. The summed E-state index contributed by atoms with van der Waals surface area (Å²) < 4.78 is 0. The van der Waals surface area contributed by atoms with Crippen molar-refractivity contribution in [2.75, 3.05) is 23.4 Å². The van der Waals surface area contributed by atoms with E-state index in [9.17, 15) is 0 Å². The van der Waals surface area contributed by atoms with Gasteiger partial charge in [-0.2, -0.15) is 5.26 Å². The van der Waals surface area contributed by atoms with Crippen LogP contribution < -0.4 is 16.2 Å². The first kappa shape index (κ1) is 11.2. The molecule has 0 bridgehead atoms. The number of hydrazine groups is 1. The second-order valence-electron chi connectivity index (χ2n) is 2.89. The fourth-order valence-electron chi connectivity index (χ4n) is 1.22. The Hall–Kier alpha value is -1.87. The van der Waals surface area contributed by atoms with Crippen molar-refractivity contribution < 1.29 is 0 Å². The van der Waals surface area contributed by atoms with E-state index in [1.54, 1.807) is 6.07 Å². The number of nitrogens with one attached hydrogen (secondary N) is 1. The Bertz CT molecular complexity index is 345. The van der Waals surface area contributed by atoms with Gasteiger partial charge in [0.1, 0.15) is 18.0 Å². The molecule has 0 unspecified atom stereocenters. The van der Waals surface area contributed by atoms with Crippen LogP contribution in [0.5, 0.6) is 0 Å². The summed E-state index contributed by atoms with van der Waals surface area (Å²) in [6.45, 7) is 3.46. The van der Waals surface area contributed by atoms with Crippen LogP contribution in [-0.2, 0) is 0 Å². The van der Waals surface area contributed by atoms with Gasteiger partial charge in [0, 0.05) is 19.2 Å². The first-order valence-corrected chi connectivity index (χ1v) is 4.72. The zero-order chi connectivity index (χ0) is 11.1. The van der Waals surface area contributed by atoms with Crippen LogP contribution >= 0.6 is 0 Å². The number of rotatable bonds is 5. The third-order valence-electron chi connectivity index (χ3n) is 2.00. The number of nitrogens with two attached hydrogens (primary N) is 1. The van der Waals surface area contributed by atoms with E-state index in [2.05, 4.69) is 21.5 Å². The van der Waals surface area contributed by atoms with Gasteiger partial charge < -0.3 is 10.3 Å². The zero-order valence-electron chi connectivity index (χ0n) is 8.64. The van der Waals surface area contributed by atoms with Crippen molar-refractivity contribution in [2.45, 2.75) is 13.3 Å². The van der Waals surface area contributed by atoms with Crippen LogP contribution in [0.25, 0.3) is 0 Å². The molecule has 80 valence electrons. The van der Waals surface area contributed by atoms with E-state index in [1.165, 1.54) is 6.33 Å². The zero-order valence-corrected chi connectivity index (χ0v) is 8.64. The average Bonchev–Trinajstić information content (AvgIpc) is 2.30. The molecular weight excluding hydrogens is 192 g/mol. The van der Waals surface area contributed by atoms with Crippen LogP contribution in [0.4, 0.5) is 11.6 Å². The Kier molecular flexibility index (Phi) is 4.31. The monoisotopic (exact) mass is 206 g/mol. The average molecular weight is 206 g/mol. The molecule has 1 rings (SSSR count). The largest absolute Gasteiger partial charge is 0.356 e. The summed E-state index contributed by atoms with van der Waals surface area (Å²) >= 11 is 0. The second kappa shape index (κ2) is 5.78. The molecule has 0 aromatic carbocycles. The molecule has 0 amide bonds. The number of anilines is 2. The Morgan fingerprint density at radius 3 is 3.00 bits per heavy atom. The van der Waals surface area contributed by atoms with Gasteiger partial charge in [0.25, 0.3) is 0 Å². The Morgan fingerprint density at radius 1 is 1.60 bits per heavy atom. The summed E-state index contributed by atoms with van der Waals surface area (Å²) in [6, 6.07) is 3.86. The maximum atomic E-state index is 8.52. The Balaban J connectivity index is 2.77. The van der Waals surface area contributed by atoms with Gasteiger partial charge in [0.15, 0.2) is 0 Å². The highest BCUT2D eigenvalue weighted by molar-refractivity contribution is 5.47. The van der Waals surface area contributed by atoms with Crippen molar-refractivity contribution in [3.8, 4) is 6.07 Å². The van der Waals surface area contributed by atoms with E-state index in [-0.39, 0.29) is 0 Å². The maximum Gasteiger partial charge on any atom is 0.145 e. The van der Waals surface area contributed by atoms with Crippen LogP contribution in [0, 0.1) is 11.3 Å². The van der Waals surface area contributed by atoms with Gasteiger partial charge in [-0.15, -0.1) is 0 Å². The summed E-state index contributed by atoms with van der Waals surface area (Å²) in [5.74, 6) is 6.59. The number of nitriles is 1. The summed E-state index contributed by atoms with van der Waals surface area (Å²) in [5, 5.41) is 8.52. The molecule has 1 heterocycles. The van der Waals surface area contributed by atoms with Crippen LogP contribution in [0.3, 0.4) is 0 Å². The molecule has 0 saturated carbocycles. The molecule has 1 aromatic heterocycles. The lowest BCUT2D eigenvalue weighted by Gasteiger charge is -2.20. The van der Waals surface area contributed by atoms with Crippen molar-refractivity contribution in [1.29, 1.82) is 5.26 Å². The highest BCUT2D eigenvalue weighted by Gasteiger charge is 2.05. The minimum atomic E-state index is 0.475. The number of nitrogens with zero attached hydrogens (tertiary/aromatic N) is 4. The Labute approximate surface area is 88.7 Å². The number of nitrogen functional groups attached to an aromatic ring is 1. The molecule has 6 nitrogen and oxygen atoms in total. The van der Waals surface area contributed by atoms with Crippen molar-refractivity contribution in [3.63, 3.8) is 0 Å². The number of hydrogen-bond donors (Lipinski definition) is 2. The van der Waals surface area contributed by atoms with Crippen LogP contribution in [0.15, 0.2) is 12.4 Å². The first-order valence-electron chi connectivity index (χ1n) is 4.72. The van der Waals surface area contributed by atoms with Crippen LogP contribution in [-0.4, -0.2) is 23.1 Å². The van der Waals surface area contributed by atoms with Crippen LogP contribution in [0.1, 0.15) is 13.3 Å². The first-order chi connectivity index (χ1) is 7.31. The molecule has 15 heavy (non-hydrogen) atoms. The molecule has 0 aliphatic carbocycles. The van der Waals surface area contributed by atoms with E-state index in [0.717, 1.165) is 12.4 Å². The molecule has 0 fully saturated rings. The summed E-state index contributed by atoms with van der Waals surface area (Å²) in [7, 11) is 0. The van der Waals surface area contributed by atoms with E-state index >= 15 is 0 Å². The van der Waals surface area contributed by atoms with Gasteiger partial charge in [0.2, 0.25) is 0 Å². The minimum Gasteiger partial charge on any atom is -0.356 e. The van der Waals surface area contributed by atoms with Gasteiger partial charge in [-0.3, -0.25) is 0 Å². The molecule has 3 N–H and O–H groups in total. The predicted molar refractivity (Wildman–Crippen MR) is 58.0 cm³/mol. The summed E-state index contributed by atoms with van der Waals surface area (Å²) in [5.41, 5.74) is 2.46. The van der Waals surface area contributed by atoms with Gasteiger partial charge in [-0.25, -0.2) is 15.8 Å². The molecule has 0 saturated heterocycles. The number of hydrogen-bond acceptors (Lipinski definition) is 6. The standard InChI is InChI=1S/C9H14N6/c1-2-15(5-3-4-10)9-6-8(14-11)12-7-13-9/h6-7H,2-3,5,11H2,1H3,(H,12,13,14). The lowest BCUT2D eigenvalue weighted by Crippen LogP contribution is -2.25. The predicted octanol–water partition coefficient (Wildman–Crippen LogP) is 0.502. The summed E-state index contributed by atoms with van der Waals surface area (Å²) in [6.07, 6.45) is 1.92. The van der Waals surface area contributed by atoms with Crippen molar-refractivity contribution in [1.82, 2.24) is 9.97 Å². The lowest BCUT2D eigenvalue weighted by atomic mass is 10.4. The fourth-order valence-corrected chi connectivity index (χ4v) is 1.22. The molecule has 6 heteroatoms. The number of aromatic nitrogens is 2. The minimum absolute atomic E-state index is 0.475. The quantitative estimate of drug-likeness (QED) is 0.538.